The minimum atomic E-state index is -3.44. The second kappa shape index (κ2) is 6.68. The fraction of sp³-hybridized carbons (Fsp3) is 0.750. The summed E-state index contributed by atoms with van der Waals surface area (Å²) in [4.78, 5) is 11.5. The van der Waals surface area contributed by atoms with Gasteiger partial charge in [-0.15, -0.1) is 0 Å². The maximum absolute atomic E-state index is 12.5. The van der Waals surface area contributed by atoms with Crippen LogP contribution in [0.5, 0.6) is 0 Å². The van der Waals surface area contributed by atoms with E-state index in [1.807, 2.05) is 6.20 Å². The zero-order valence-electron chi connectivity index (χ0n) is 15.2. The third-order valence-electron chi connectivity index (χ3n) is 5.39. The summed E-state index contributed by atoms with van der Waals surface area (Å²) >= 11 is 0. The van der Waals surface area contributed by atoms with Gasteiger partial charge in [0.1, 0.15) is 0 Å². The summed E-state index contributed by atoms with van der Waals surface area (Å²) in [5.74, 6) is 0.697. The molecule has 3 aliphatic heterocycles. The highest BCUT2D eigenvalue weighted by atomic mass is 32.2. The molecule has 0 amide bonds. The van der Waals surface area contributed by atoms with Gasteiger partial charge in [-0.3, -0.25) is 0 Å². The third kappa shape index (κ3) is 2.99. The fourth-order valence-electron chi connectivity index (χ4n) is 3.88. The van der Waals surface area contributed by atoms with Crippen molar-refractivity contribution in [1.29, 1.82) is 0 Å². The van der Waals surface area contributed by atoms with Crippen molar-refractivity contribution >= 4 is 16.2 Å². The lowest BCUT2D eigenvalue weighted by molar-refractivity contribution is 0.0529. The molecule has 3 aliphatic rings. The van der Waals surface area contributed by atoms with Crippen molar-refractivity contribution in [3.8, 4) is 0 Å². The van der Waals surface area contributed by atoms with E-state index in [1.165, 1.54) is 8.61 Å². The van der Waals surface area contributed by atoms with Gasteiger partial charge in [0.2, 0.25) is 5.95 Å². The number of nitrogens with zero attached hydrogens (tertiary/aromatic N) is 5. The van der Waals surface area contributed by atoms with Crippen LogP contribution < -0.4 is 4.90 Å². The molecule has 26 heavy (non-hydrogen) atoms. The number of morpholine rings is 1. The second-order valence-corrected chi connectivity index (χ2v) is 9.43. The number of hydrogen-bond acceptors (Lipinski definition) is 7. The van der Waals surface area contributed by atoms with Gasteiger partial charge < -0.3 is 14.4 Å². The van der Waals surface area contributed by atoms with Gasteiger partial charge in [-0.25, -0.2) is 9.97 Å². The van der Waals surface area contributed by atoms with Crippen LogP contribution in [0.4, 0.5) is 5.95 Å². The number of fused-ring (bicyclic) bond motifs is 2. The first-order valence-corrected chi connectivity index (χ1v) is 10.3. The van der Waals surface area contributed by atoms with Crippen molar-refractivity contribution in [2.45, 2.75) is 18.4 Å². The van der Waals surface area contributed by atoms with Crippen LogP contribution in [-0.4, -0.2) is 87.1 Å². The van der Waals surface area contributed by atoms with E-state index in [0.29, 0.717) is 51.9 Å². The number of rotatable bonds is 3. The number of aromatic nitrogens is 2. The minimum absolute atomic E-state index is 0.389. The molecular weight excluding hydrogens is 358 g/mol. The largest absolute Gasteiger partial charge is 0.378 e. The molecule has 1 spiro atoms. The summed E-state index contributed by atoms with van der Waals surface area (Å²) in [6.07, 6.45) is 2.53. The second-order valence-electron chi connectivity index (χ2n) is 7.29. The molecule has 9 nitrogen and oxygen atoms in total. The molecule has 0 N–H and O–H groups in total. The molecule has 10 heteroatoms. The molecule has 2 saturated heterocycles. The van der Waals surface area contributed by atoms with Crippen molar-refractivity contribution < 1.29 is 17.9 Å². The molecule has 1 atom stereocenters. The van der Waals surface area contributed by atoms with E-state index in [1.54, 1.807) is 14.1 Å². The SMILES string of the molecule is CN(C)S(=O)(=O)N1CCC2(COCc3cnc(N4CCOCC4)nc32)C1. The molecule has 1 aromatic rings. The van der Waals surface area contributed by atoms with Crippen molar-refractivity contribution in [3.05, 3.63) is 17.5 Å². The van der Waals surface area contributed by atoms with Gasteiger partial charge in [0.25, 0.3) is 10.2 Å². The smallest absolute Gasteiger partial charge is 0.281 e. The third-order valence-corrected chi connectivity index (χ3v) is 7.28. The first-order valence-electron chi connectivity index (χ1n) is 8.87. The van der Waals surface area contributed by atoms with E-state index in [2.05, 4.69) is 9.88 Å². The van der Waals surface area contributed by atoms with E-state index >= 15 is 0 Å². The molecule has 2 fully saturated rings. The van der Waals surface area contributed by atoms with Crippen LogP contribution in [-0.2, 0) is 31.7 Å². The van der Waals surface area contributed by atoms with Crippen LogP contribution in [0.25, 0.3) is 0 Å². The summed E-state index contributed by atoms with van der Waals surface area (Å²) < 4.78 is 39.1. The summed E-state index contributed by atoms with van der Waals surface area (Å²) in [7, 11) is -0.325. The summed E-state index contributed by atoms with van der Waals surface area (Å²) in [5, 5.41) is 0. The van der Waals surface area contributed by atoms with E-state index in [9.17, 15) is 8.42 Å². The molecule has 1 aromatic heterocycles. The molecular formula is C16H25N5O4S. The molecule has 0 bridgehead atoms. The molecule has 1 unspecified atom stereocenters. The lowest BCUT2D eigenvalue weighted by Crippen LogP contribution is -2.45. The molecule has 4 rings (SSSR count). The highest BCUT2D eigenvalue weighted by molar-refractivity contribution is 7.86. The monoisotopic (exact) mass is 383 g/mol. The molecule has 0 radical (unpaired) electrons. The van der Waals surface area contributed by atoms with Crippen molar-refractivity contribution in [2.24, 2.45) is 0 Å². The van der Waals surface area contributed by atoms with Gasteiger partial charge in [-0.1, -0.05) is 0 Å². The molecule has 4 heterocycles. The minimum Gasteiger partial charge on any atom is -0.378 e. The Morgan fingerprint density at radius 3 is 2.69 bits per heavy atom. The van der Waals surface area contributed by atoms with Gasteiger partial charge in [0, 0.05) is 52.0 Å². The zero-order chi connectivity index (χ0) is 18.4. The first-order chi connectivity index (χ1) is 12.4. The van der Waals surface area contributed by atoms with Crippen LogP contribution in [0.1, 0.15) is 17.7 Å². The molecule has 0 saturated carbocycles. The summed E-state index contributed by atoms with van der Waals surface area (Å²) in [6, 6.07) is 0. The topological polar surface area (TPSA) is 88.1 Å². The van der Waals surface area contributed by atoms with Crippen LogP contribution in [0.2, 0.25) is 0 Å². The lowest BCUT2D eigenvalue weighted by atomic mass is 9.81. The van der Waals surface area contributed by atoms with Gasteiger partial charge in [-0.05, 0) is 6.42 Å². The van der Waals surface area contributed by atoms with E-state index in [0.717, 1.165) is 24.3 Å². The normalized spacial score (nSPS) is 27.3. The first kappa shape index (κ1) is 18.1. The van der Waals surface area contributed by atoms with Gasteiger partial charge in [-0.2, -0.15) is 17.0 Å². The van der Waals surface area contributed by atoms with Crippen molar-refractivity contribution in [3.63, 3.8) is 0 Å². The van der Waals surface area contributed by atoms with Gasteiger partial charge >= 0.3 is 0 Å². The van der Waals surface area contributed by atoms with Crippen molar-refractivity contribution in [1.82, 2.24) is 18.6 Å². The van der Waals surface area contributed by atoms with Gasteiger partial charge in [0.15, 0.2) is 0 Å². The lowest BCUT2D eigenvalue weighted by Gasteiger charge is -2.35. The summed E-state index contributed by atoms with van der Waals surface area (Å²) in [6.45, 7) is 4.69. The Morgan fingerprint density at radius 2 is 1.96 bits per heavy atom. The zero-order valence-corrected chi connectivity index (χ0v) is 16.0. The Bertz CT molecular complexity index is 781. The summed E-state index contributed by atoms with van der Waals surface area (Å²) in [5.41, 5.74) is 1.50. The van der Waals surface area contributed by atoms with E-state index in [4.69, 9.17) is 14.5 Å². The Hall–Kier alpha value is -1.33. The van der Waals surface area contributed by atoms with Gasteiger partial charge in [0.05, 0.1) is 37.5 Å². The fourth-order valence-corrected chi connectivity index (χ4v) is 5.07. The maximum atomic E-state index is 12.5. The standard InChI is InChI=1S/C16H25N5O4S/c1-19(2)26(22,23)21-4-3-16(11-21)12-25-10-13-9-17-15(18-14(13)16)20-5-7-24-8-6-20/h9H,3-8,10-12H2,1-2H3. The predicted molar refractivity (Wildman–Crippen MR) is 95.2 cm³/mol. The van der Waals surface area contributed by atoms with E-state index < -0.39 is 15.6 Å². The maximum Gasteiger partial charge on any atom is 0.281 e. The number of ether oxygens (including phenoxy) is 2. The average molecular weight is 383 g/mol. The molecule has 0 aromatic carbocycles. The number of hydrogen-bond donors (Lipinski definition) is 0. The highest BCUT2D eigenvalue weighted by Gasteiger charge is 2.48. The highest BCUT2D eigenvalue weighted by Crippen LogP contribution is 2.40. The predicted octanol–water partition coefficient (Wildman–Crippen LogP) is -0.407. The quantitative estimate of drug-likeness (QED) is 0.701. The average Bonchev–Trinajstić information content (AvgIpc) is 3.08. The van der Waals surface area contributed by atoms with Crippen LogP contribution in [0.3, 0.4) is 0 Å². The molecule has 0 aliphatic carbocycles. The van der Waals surface area contributed by atoms with Crippen LogP contribution in [0, 0.1) is 0 Å². The Kier molecular flexibility index (Phi) is 4.64. The Balaban J connectivity index is 1.66. The van der Waals surface area contributed by atoms with Crippen LogP contribution >= 0.6 is 0 Å². The van der Waals surface area contributed by atoms with Crippen molar-refractivity contribution in [2.75, 3.05) is 65.0 Å². The Morgan fingerprint density at radius 1 is 1.19 bits per heavy atom. The van der Waals surface area contributed by atoms with Crippen LogP contribution in [0.15, 0.2) is 6.20 Å². The van der Waals surface area contributed by atoms with E-state index in [-0.39, 0.29) is 0 Å². The Labute approximate surface area is 154 Å². The molecule has 144 valence electrons. The number of anilines is 1.